The van der Waals surface area contributed by atoms with Gasteiger partial charge in [0.25, 0.3) is 0 Å². The SMILES string of the molecule is CC(O)(CNC(=O)NCc1cc2ccccc2[nH]1)c1ccsc1. The summed E-state index contributed by atoms with van der Waals surface area (Å²) in [6, 6.07) is 11.5. The van der Waals surface area contributed by atoms with Crippen LogP contribution in [0, 0.1) is 0 Å². The Labute approximate surface area is 138 Å². The van der Waals surface area contributed by atoms with Gasteiger partial charge in [0, 0.05) is 11.2 Å². The molecule has 23 heavy (non-hydrogen) atoms. The third-order valence-corrected chi connectivity index (χ3v) is 4.44. The maximum absolute atomic E-state index is 11.9. The Morgan fingerprint density at radius 2 is 2.13 bits per heavy atom. The molecule has 4 N–H and O–H groups in total. The molecule has 1 aromatic carbocycles. The molecule has 3 rings (SSSR count). The molecule has 0 aliphatic heterocycles. The Kier molecular flexibility index (Phi) is 4.36. The largest absolute Gasteiger partial charge is 0.384 e. The summed E-state index contributed by atoms with van der Waals surface area (Å²) in [5.74, 6) is 0. The first-order valence-electron chi connectivity index (χ1n) is 7.38. The van der Waals surface area contributed by atoms with Gasteiger partial charge in [0.2, 0.25) is 0 Å². The number of H-pyrrole nitrogens is 1. The van der Waals surface area contributed by atoms with E-state index in [1.165, 1.54) is 11.3 Å². The zero-order chi connectivity index (χ0) is 16.3. The Morgan fingerprint density at radius 3 is 2.87 bits per heavy atom. The van der Waals surface area contributed by atoms with Crippen LogP contribution in [0.15, 0.2) is 47.2 Å². The van der Waals surface area contributed by atoms with E-state index in [1.807, 2.05) is 47.2 Å². The molecule has 120 valence electrons. The van der Waals surface area contributed by atoms with E-state index in [1.54, 1.807) is 6.92 Å². The number of nitrogens with one attached hydrogen (secondary N) is 3. The van der Waals surface area contributed by atoms with Crippen LogP contribution in [-0.4, -0.2) is 22.7 Å². The van der Waals surface area contributed by atoms with E-state index in [9.17, 15) is 9.90 Å². The summed E-state index contributed by atoms with van der Waals surface area (Å²) in [5.41, 5.74) is 1.72. The van der Waals surface area contributed by atoms with Crippen molar-refractivity contribution in [2.75, 3.05) is 6.54 Å². The van der Waals surface area contributed by atoms with Crippen molar-refractivity contribution >= 4 is 28.3 Å². The normalized spacial score (nSPS) is 13.7. The minimum atomic E-state index is -1.07. The van der Waals surface area contributed by atoms with Crippen molar-refractivity contribution in [2.24, 2.45) is 0 Å². The number of hydrogen-bond donors (Lipinski definition) is 4. The van der Waals surface area contributed by atoms with Gasteiger partial charge < -0.3 is 20.7 Å². The molecular weight excluding hydrogens is 310 g/mol. The minimum absolute atomic E-state index is 0.155. The van der Waals surface area contributed by atoms with Gasteiger partial charge in [-0.2, -0.15) is 11.3 Å². The number of para-hydroxylation sites is 1. The molecule has 2 amide bonds. The number of amides is 2. The highest BCUT2D eigenvalue weighted by Crippen LogP contribution is 2.21. The van der Waals surface area contributed by atoms with Crippen molar-refractivity contribution in [1.29, 1.82) is 0 Å². The monoisotopic (exact) mass is 329 g/mol. The highest BCUT2D eigenvalue weighted by molar-refractivity contribution is 7.08. The maximum atomic E-state index is 11.9. The number of aliphatic hydroxyl groups is 1. The van der Waals surface area contributed by atoms with Gasteiger partial charge in [-0.05, 0) is 46.8 Å². The number of carbonyl (C=O) groups excluding carboxylic acids is 1. The summed E-state index contributed by atoms with van der Waals surface area (Å²) in [5, 5.41) is 20.8. The number of rotatable bonds is 5. The summed E-state index contributed by atoms with van der Waals surface area (Å²) in [6.45, 7) is 2.25. The van der Waals surface area contributed by atoms with Crippen LogP contribution < -0.4 is 10.6 Å². The second-order valence-electron chi connectivity index (χ2n) is 5.70. The quantitative estimate of drug-likeness (QED) is 0.581. The first-order valence-corrected chi connectivity index (χ1v) is 8.32. The van der Waals surface area contributed by atoms with Crippen LogP contribution in [0.3, 0.4) is 0 Å². The van der Waals surface area contributed by atoms with Gasteiger partial charge in [0.1, 0.15) is 5.60 Å². The number of benzene rings is 1. The molecule has 0 saturated heterocycles. The molecule has 5 nitrogen and oxygen atoms in total. The van der Waals surface area contributed by atoms with Crippen LogP contribution in [0.5, 0.6) is 0 Å². The number of aromatic nitrogens is 1. The predicted octanol–water partition coefficient (Wildman–Crippen LogP) is 2.94. The zero-order valence-electron chi connectivity index (χ0n) is 12.8. The lowest BCUT2D eigenvalue weighted by atomic mass is 9.99. The molecule has 0 radical (unpaired) electrons. The average molecular weight is 329 g/mol. The van der Waals surface area contributed by atoms with Crippen LogP contribution in [0.25, 0.3) is 10.9 Å². The summed E-state index contributed by atoms with van der Waals surface area (Å²) in [4.78, 5) is 15.2. The summed E-state index contributed by atoms with van der Waals surface area (Å²) >= 11 is 1.52. The van der Waals surface area contributed by atoms with E-state index in [-0.39, 0.29) is 12.6 Å². The lowest BCUT2D eigenvalue weighted by molar-refractivity contribution is 0.0598. The molecule has 0 aliphatic rings. The van der Waals surface area contributed by atoms with Crippen molar-refractivity contribution in [3.63, 3.8) is 0 Å². The molecule has 0 fully saturated rings. The van der Waals surface area contributed by atoms with Crippen molar-refractivity contribution in [3.05, 3.63) is 58.4 Å². The summed E-state index contributed by atoms with van der Waals surface area (Å²) in [7, 11) is 0. The Bertz CT molecular complexity index is 760. The minimum Gasteiger partial charge on any atom is -0.384 e. The maximum Gasteiger partial charge on any atom is 0.315 e. The number of carbonyl (C=O) groups is 1. The molecule has 6 heteroatoms. The number of urea groups is 1. The van der Waals surface area contributed by atoms with E-state index in [2.05, 4.69) is 15.6 Å². The third kappa shape index (κ3) is 3.72. The van der Waals surface area contributed by atoms with Crippen molar-refractivity contribution in [1.82, 2.24) is 15.6 Å². The van der Waals surface area contributed by atoms with Crippen LogP contribution in [0.4, 0.5) is 4.79 Å². The van der Waals surface area contributed by atoms with E-state index in [0.29, 0.717) is 6.54 Å². The summed E-state index contributed by atoms with van der Waals surface area (Å²) in [6.07, 6.45) is 0. The van der Waals surface area contributed by atoms with Crippen LogP contribution in [-0.2, 0) is 12.1 Å². The first-order chi connectivity index (χ1) is 11.0. The zero-order valence-corrected chi connectivity index (χ0v) is 13.6. The van der Waals surface area contributed by atoms with Crippen molar-refractivity contribution < 1.29 is 9.90 Å². The first kappa shape index (κ1) is 15.6. The predicted molar refractivity (Wildman–Crippen MR) is 92.4 cm³/mol. The molecule has 1 atom stereocenters. The highest BCUT2D eigenvalue weighted by Gasteiger charge is 2.24. The topological polar surface area (TPSA) is 77.2 Å². The van der Waals surface area contributed by atoms with Crippen LogP contribution >= 0.6 is 11.3 Å². The van der Waals surface area contributed by atoms with E-state index in [0.717, 1.165) is 22.2 Å². The lowest BCUT2D eigenvalue weighted by Crippen LogP contribution is -2.43. The Morgan fingerprint density at radius 1 is 1.30 bits per heavy atom. The van der Waals surface area contributed by atoms with Gasteiger partial charge in [0.05, 0.1) is 13.1 Å². The smallest absolute Gasteiger partial charge is 0.315 e. The molecule has 2 heterocycles. The standard InChI is InChI=1S/C17H19N3O2S/c1-17(22,13-6-7-23-10-13)11-19-16(21)18-9-14-8-12-4-2-3-5-15(12)20-14/h2-8,10,20,22H,9,11H2,1H3,(H2,18,19,21). The van der Waals surface area contributed by atoms with Gasteiger partial charge in [-0.25, -0.2) is 4.79 Å². The lowest BCUT2D eigenvalue weighted by Gasteiger charge is -2.22. The van der Waals surface area contributed by atoms with E-state index in [4.69, 9.17) is 0 Å². The fraction of sp³-hybridized carbons (Fsp3) is 0.235. The molecule has 0 saturated carbocycles. The van der Waals surface area contributed by atoms with Gasteiger partial charge in [-0.15, -0.1) is 0 Å². The van der Waals surface area contributed by atoms with Gasteiger partial charge >= 0.3 is 6.03 Å². The van der Waals surface area contributed by atoms with Crippen LogP contribution in [0.1, 0.15) is 18.2 Å². The molecule has 1 unspecified atom stereocenters. The summed E-state index contributed by atoms with van der Waals surface area (Å²) < 4.78 is 0. The number of fused-ring (bicyclic) bond motifs is 1. The number of hydrogen-bond acceptors (Lipinski definition) is 3. The van der Waals surface area contributed by atoms with Crippen molar-refractivity contribution in [2.45, 2.75) is 19.1 Å². The molecule has 3 aromatic rings. The Balaban J connectivity index is 1.51. The third-order valence-electron chi connectivity index (χ3n) is 3.76. The molecule has 0 aliphatic carbocycles. The molecule has 2 aromatic heterocycles. The molecule has 0 spiro atoms. The van der Waals surface area contributed by atoms with Gasteiger partial charge in [-0.1, -0.05) is 18.2 Å². The second kappa shape index (κ2) is 6.44. The van der Waals surface area contributed by atoms with Gasteiger partial charge in [0.15, 0.2) is 0 Å². The van der Waals surface area contributed by atoms with Gasteiger partial charge in [-0.3, -0.25) is 0 Å². The van der Waals surface area contributed by atoms with Crippen LogP contribution in [0.2, 0.25) is 0 Å². The van der Waals surface area contributed by atoms with E-state index < -0.39 is 5.60 Å². The highest BCUT2D eigenvalue weighted by atomic mass is 32.1. The van der Waals surface area contributed by atoms with E-state index >= 15 is 0 Å². The molecule has 0 bridgehead atoms. The number of thiophene rings is 1. The Hall–Kier alpha value is -2.31. The number of aromatic amines is 1. The fourth-order valence-corrected chi connectivity index (χ4v) is 3.17. The molecular formula is C17H19N3O2S. The average Bonchev–Trinajstić information content (AvgIpc) is 3.20. The van der Waals surface area contributed by atoms with Crippen molar-refractivity contribution in [3.8, 4) is 0 Å². The second-order valence-corrected chi connectivity index (χ2v) is 6.48. The fourth-order valence-electron chi connectivity index (χ4n) is 2.39.